The van der Waals surface area contributed by atoms with Crippen LogP contribution in [0.25, 0.3) is 0 Å². The minimum absolute atomic E-state index is 0.162. The number of rotatable bonds is 6. The van der Waals surface area contributed by atoms with Gasteiger partial charge in [-0.05, 0) is 41.8 Å². The predicted octanol–water partition coefficient (Wildman–Crippen LogP) is 5.50. The summed E-state index contributed by atoms with van der Waals surface area (Å²) in [6.07, 6.45) is 0.162. The van der Waals surface area contributed by atoms with Crippen molar-refractivity contribution < 1.29 is 9.59 Å². The number of nitrogens with zero attached hydrogens (tertiary/aromatic N) is 1. The molecule has 0 spiro atoms. The first-order chi connectivity index (χ1) is 12.3. The van der Waals surface area contributed by atoms with Crippen molar-refractivity contribution in [3.05, 3.63) is 58.1 Å². The normalized spacial score (nSPS) is 10.7. The minimum atomic E-state index is -0.183. The summed E-state index contributed by atoms with van der Waals surface area (Å²) in [5, 5.41) is 3.72. The Balaban J connectivity index is 2.00. The number of carbonyl (C=O) groups excluding carboxylic acids is 2. The van der Waals surface area contributed by atoms with Crippen molar-refractivity contribution in [2.75, 3.05) is 16.8 Å². The van der Waals surface area contributed by atoms with Gasteiger partial charge in [-0.15, -0.1) is 0 Å². The summed E-state index contributed by atoms with van der Waals surface area (Å²) in [5.41, 5.74) is 2.52. The molecule has 2 amide bonds. The molecule has 0 saturated carbocycles. The maximum Gasteiger partial charge on any atom is 0.226 e. The van der Waals surface area contributed by atoms with E-state index < -0.39 is 0 Å². The van der Waals surface area contributed by atoms with E-state index >= 15 is 0 Å². The summed E-state index contributed by atoms with van der Waals surface area (Å²) < 4.78 is 0. The van der Waals surface area contributed by atoms with Crippen LogP contribution in [0, 0.1) is 0 Å². The highest BCUT2D eigenvalue weighted by molar-refractivity contribution is 6.35. The Labute approximate surface area is 164 Å². The molecule has 4 nitrogen and oxygen atoms in total. The van der Waals surface area contributed by atoms with Gasteiger partial charge in [0.25, 0.3) is 0 Å². The molecule has 0 aliphatic heterocycles. The van der Waals surface area contributed by atoms with E-state index in [1.54, 1.807) is 18.2 Å². The zero-order valence-corrected chi connectivity index (χ0v) is 16.6. The first-order valence-electron chi connectivity index (χ1n) is 8.40. The molecular formula is C20H22Cl2N2O2. The monoisotopic (exact) mass is 392 g/mol. The van der Waals surface area contributed by atoms with Gasteiger partial charge in [0.1, 0.15) is 0 Å². The number of nitrogens with one attached hydrogen (secondary N) is 1. The summed E-state index contributed by atoms with van der Waals surface area (Å²) in [7, 11) is 0. The van der Waals surface area contributed by atoms with Crippen LogP contribution in [0.15, 0.2) is 42.5 Å². The average molecular weight is 393 g/mol. The number of hydrogen-bond acceptors (Lipinski definition) is 2. The van der Waals surface area contributed by atoms with Gasteiger partial charge in [-0.25, -0.2) is 0 Å². The van der Waals surface area contributed by atoms with Crippen molar-refractivity contribution in [1.82, 2.24) is 0 Å². The molecule has 0 atom stereocenters. The highest BCUT2D eigenvalue weighted by atomic mass is 35.5. The van der Waals surface area contributed by atoms with Crippen LogP contribution >= 0.6 is 23.2 Å². The van der Waals surface area contributed by atoms with Gasteiger partial charge < -0.3 is 10.2 Å². The lowest BCUT2D eigenvalue weighted by Crippen LogP contribution is -2.32. The highest BCUT2D eigenvalue weighted by Gasteiger charge is 2.15. The van der Waals surface area contributed by atoms with E-state index in [0.717, 1.165) is 5.69 Å². The molecule has 0 aromatic heterocycles. The Kier molecular flexibility index (Phi) is 7.06. The second-order valence-electron chi connectivity index (χ2n) is 6.37. The molecular weight excluding hydrogens is 371 g/mol. The highest BCUT2D eigenvalue weighted by Crippen LogP contribution is 2.26. The second-order valence-corrected chi connectivity index (χ2v) is 7.25. The van der Waals surface area contributed by atoms with Crippen molar-refractivity contribution in [3.8, 4) is 0 Å². The summed E-state index contributed by atoms with van der Waals surface area (Å²) in [5.74, 6) is 0.0903. The fraction of sp³-hybridized carbons (Fsp3) is 0.300. The molecule has 138 valence electrons. The van der Waals surface area contributed by atoms with Gasteiger partial charge in [-0.3, -0.25) is 9.59 Å². The van der Waals surface area contributed by atoms with Crippen LogP contribution in [-0.4, -0.2) is 18.4 Å². The SMILES string of the molecule is CC(=O)N(CCC(=O)Nc1ccc(C(C)C)cc1)c1cc(Cl)cc(Cl)c1. The minimum Gasteiger partial charge on any atom is -0.326 e. The number of carbonyl (C=O) groups is 2. The predicted molar refractivity (Wildman–Crippen MR) is 108 cm³/mol. The number of halogens is 2. The maximum absolute atomic E-state index is 12.2. The van der Waals surface area contributed by atoms with Crippen molar-refractivity contribution in [3.63, 3.8) is 0 Å². The van der Waals surface area contributed by atoms with Crippen molar-refractivity contribution >= 4 is 46.4 Å². The smallest absolute Gasteiger partial charge is 0.226 e. The van der Waals surface area contributed by atoms with Gasteiger partial charge in [-0.2, -0.15) is 0 Å². The third kappa shape index (κ3) is 5.75. The van der Waals surface area contributed by atoms with Crippen LogP contribution in [0.1, 0.15) is 38.7 Å². The molecule has 0 aliphatic rings. The maximum atomic E-state index is 12.2. The lowest BCUT2D eigenvalue weighted by molar-refractivity contribution is -0.117. The van der Waals surface area contributed by atoms with E-state index in [0.29, 0.717) is 21.7 Å². The molecule has 0 radical (unpaired) electrons. The molecule has 0 saturated heterocycles. The van der Waals surface area contributed by atoms with E-state index in [-0.39, 0.29) is 24.8 Å². The number of amides is 2. The molecule has 26 heavy (non-hydrogen) atoms. The topological polar surface area (TPSA) is 49.4 Å². The fourth-order valence-electron chi connectivity index (χ4n) is 2.55. The van der Waals surface area contributed by atoms with Crippen LogP contribution in [0.4, 0.5) is 11.4 Å². The standard InChI is InChI=1S/C20H22Cl2N2O2/c1-13(2)15-4-6-18(7-5-15)23-20(26)8-9-24(14(3)25)19-11-16(21)10-17(22)12-19/h4-7,10-13H,8-9H2,1-3H3,(H,23,26). The molecule has 2 aromatic carbocycles. The molecule has 0 bridgehead atoms. The molecule has 1 N–H and O–H groups in total. The Hall–Kier alpha value is -2.04. The third-order valence-corrected chi connectivity index (χ3v) is 4.40. The summed E-state index contributed by atoms with van der Waals surface area (Å²) in [6, 6.07) is 12.7. The van der Waals surface area contributed by atoms with Gasteiger partial charge >= 0.3 is 0 Å². The summed E-state index contributed by atoms with van der Waals surface area (Å²) in [6.45, 7) is 5.91. The van der Waals surface area contributed by atoms with E-state index in [1.807, 2.05) is 24.3 Å². The van der Waals surface area contributed by atoms with Crippen molar-refractivity contribution in [2.24, 2.45) is 0 Å². The largest absolute Gasteiger partial charge is 0.326 e. The molecule has 6 heteroatoms. The number of hydrogen-bond donors (Lipinski definition) is 1. The van der Waals surface area contributed by atoms with Crippen LogP contribution in [0.2, 0.25) is 10.0 Å². The zero-order valence-electron chi connectivity index (χ0n) is 15.1. The molecule has 0 aliphatic carbocycles. The molecule has 2 aromatic rings. The lowest BCUT2D eigenvalue weighted by Gasteiger charge is -2.21. The molecule has 0 fully saturated rings. The summed E-state index contributed by atoms with van der Waals surface area (Å²) >= 11 is 12.0. The van der Waals surface area contributed by atoms with E-state index in [9.17, 15) is 9.59 Å². The number of benzene rings is 2. The molecule has 0 heterocycles. The Bertz CT molecular complexity index is 769. The van der Waals surface area contributed by atoms with Gasteiger partial charge in [0.15, 0.2) is 0 Å². The van der Waals surface area contributed by atoms with Crippen LogP contribution < -0.4 is 10.2 Å². The van der Waals surface area contributed by atoms with Crippen LogP contribution in [-0.2, 0) is 9.59 Å². The Morgan fingerprint density at radius 3 is 2.12 bits per heavy atom. The quantitative estimate of drug-likeness (QED) is 0.705. The molecule has 0 unspecified atom stereocenters. The van der Waals surface area contributed by atoms with Gasteiger partial charge in [0, 0.05) is 41.3 Å². The van der Waals surface area contributed by atoms with Gasteiger partial charge in [-0.1, -0.05) is 49.2 Å². The second kappa shape index (κ2) is 9.06. The first kappa shape index (κ1) is 20.3. The average Bonchev–Trinajstić information content (AvgIpc) is 2.54. The Morgan fingerprint density at radius 2 is 1.62 bits per heavy atom. The fourth-order valence-corrected chi connectivity index (χ4v) is 3.07. The third-order valence-electron chi connectivity index (χ3n) is 3.96. The zero-order chi connectivity index (χ0) is 19.3. The number of anilines is 2. The van der Waals surface area contributed by atoms with E-state index in [1.165, 1.54) is 17.4 Å². The van der Waals surface area contributed by atoms with Crippen LogP contribution in [0.3, 0.4) is 0 Å². The van der Waals surface area contributed by atoms with Gasteiger partial charge in [0.2, 0.25) is 11.8 Å². The lowest BCUT2D eigenvalue weighted by atomic mass is 10.0. The van der Waals surface area contributed by atoms with E-state index in [2.05, 4.69) is 19.2 Å². The molecule has 2 rings (SSSR count). The van der Waals surface area contributed by atoms with Crippen LogP contribution in [0.5, 0.6) is 0 Å². The van der Waals surface area contributed by atoms with Crippen molar-refractivity contribution in [2.45, 2.75) is 33.1 Å². The van der Waals surface area contributed by atoms with Gasteiger partial charge in [0.05, 0.1) is 0 Å². The first-order valence-corrected chi connectivity index (χ1v) is 9.16. The summed E-state index contributed by atoms with van der Waals surface area (Å²) in [4.78, 5) is 25.7. The Morgan fingerprint density at radius 1 is 1.04 bits per heavy atom. The van der Waals surface area contributed by atoms with Crippen molar-refractivity contribution in [1.29, 1.82) is 0 Å². The van der Waals surface area contributed by atoms with E-state index in [4.69, 9.17) is 23.2 Å².